The summed E-state index contributed by atoms with van der Waals surface area (Å²) in [5.74, 6) is 2.60. The van der Waals surface area contributed by atoms with Gasteiger partial charge in [0.15, 0.2) is 0 Å². The van der Waals surface area contributed by atoms with E-state index < -0.39 is 0 Å². The lowest BCUT2D eigenvalue weighted by Crippen LogP contribution is -2.44. The molecule has 1 aliphatic heterocycles. The number of anilines is 1. The van der Waals surface area contributed by atoms with Crippen LogP contribution in [0.5, 0.6) is 0 Å². The summed E-state index contributed by atoms with van der Waals surface area (Å²) >= 11 is 2.04. The Morgan fingerprint density at radius 3 is 2.94 bits per heavy atom. The minimum Gasteiger partial charge on any atom is -0.384 e. The summed E-state index contributed by atoms with van der Waals surface area (Å²) < 4.78 is 0. The van der Waals surface area contributed by atoms with E-state index in [2.05, 4.69) is 28.7 Å². The molecule has 94 valence electrons. The van der Waals surface area contributed by atoms with Crippen LogP contribution in [0.15, 0.2) is 6.07 Å². The minimum atomic E-state index is 0.569. The number of aromatic nitrogens is 2. The highest BCUT2D eigenvalue weighted by Crippen LogP contribution is 2.25. The highest BCUT2D eigenvalue weighted by atomic mass is 32.2. The number of nitrogens with zero attached hydrogens (tertiary/aromatic N) is 3. The number of rotatable bonds is 2. The maximum Gasteiger partial charge on any atom is 0.144 e. The fraction of sp³-hybridized carbons (Fsp3) is 0.667. The van der Waals surface area contributed by atoms with Crippen LogP contribution in [-0.4, -0.2) is 38.5 Å². The second-order valence-corrected chi connectivity index (χ2v) is 6.12. The van der Waals surface area contributed by atoms with Crippen LogP contribution in [0.2, 0.25) is 0 Å². The lowest BCUT2D eigenvalue weighted by molar-refractivity contribution is 0.199. The van der Waals surface area contributed by atoms with Crippen LogP contribution >= 0.6 is 11.8 Å². The average Bonchev–Trinajstić information content (AvgIpc) is 2.23. The van der Waals surface area contributed by atoms with Gasteiger partial charge in [0, 0.05) is 35.3 Å². The van der Waals surface area contributed by atoms with Gasteiger partial charge in [-0.05, 0) is 13.8 Å². The van der Waals surface area contributed by atoms with Gasteiger partial charge in [0.2, 0.25) is 0 Å². The van der Waals surface area contributed by atoms with Crippen molar-refractivity contribution in [2.45, 2.75) is 38.6 Å². The van der Waals surface area contributed by atoms with Crippen molar-refractivity contribution in [3.63, 3.8) is 0 Å². The molecule has 0 bridgehead atoms. The zero-order valence-corrected chi connectivity index (χ0v) is 11.5. The number of nitrogen functional groups attached to an aromatic ring is 1. The number of nitrogens with two attached hydrogens (primary N) is 1. The Hall–Kier alpha value is -0.810. The molecule has 1 aromatic heterocycles. The quantitative estimate of drug-likeness (QED) is 0.868. The molecule has 0 saturated carbocycles. The number of hydrogen-bond donors (Lipinski definition) is 1. The molecule has 4 nitrogen and oxygen atoms in total. The first-order valence-electron chi connectivity index (χ1n) is 6.02. The summed E-state index contributed by atoms with van der Waals surface area (Å²) in [7, 11) is 0. The maximum atomic E-state index is 5.75. The Labute approximate surface area is 107 Å². The lowest BCUT2D eigenvalue weighted by atomic mass is 10.2. The van der Waals surface area contributed by atoms with E-state index in [9.17, 15) is 0 Å². The summed E-state index contributed by atoms with van der Waals surface area (Å²) in [4.78, 5) is 11.2. The fourth-order valence-corrected chi connectivity index (χ4v) is 3.29. The third-order valence-corrected chi connectivity index (χ3v) is 4.62. The minimum absolute atomic E-state index is 0.569. The van der Waals surface area contributed by atoms with Gasteiger partial charge in [-0.1, -0.05) is 6.92 Å². The highest BCUT2D eigenvalue weighted by Gasteiger charge is 2.25. The van der Waals surface area contributed by atoms with Crippen molar-refractivity contribution in [3.05, 3.63) is 17.6 Å². The van der Waals surface area contributed by atoms with Crippen LogP contribution in [0.3, 0.4) is 0 Å². The molecule has 0 aliphatic carbocycles. The SMILES string of the molecule is Cc1cc(N)nc(CN2CCSC(C)C2C)n1. The Morgan fingerprint density at radius 1 is 1.47 bits per heavy atom. The fourth-order valence-electron chi connectivity index (χ4n) is 2.13. The van der Waals surface area contributed by atoms with Crippen molar-refractivity contribution >= 4 is 17.6 Å². The van der Waals surface area contributed by atoms with Gasteiger partial charge in [-0.25, -0.2) is 9.97 Å². The van der Waals surface area contributed by atoms with Gasteiger partial charge in [-0.2, -0.15) is 11.8 Å². The highest BCUT2D eigenvalue weighted by molar-refractivity contribution is 8.00. The van der Waals surface area contributed by atoms with Gasteiger partial charge in [-0.15, -0.1) is 0 Å². The molecule has 0 spiro atoms. The van der Waals surface area contributed by atoms with Crippen LogP contribution in [0.4, 0.5) is 5.82 Å². The van der Waals surface area contributed by atoms with Crippen LogP contribution in [-0.2, 0) is 6.54 Å². The van der Waals surface area contributed by atoms with Gasteiger partial charge in [-0.3, -0.25) is 4.90 Å². The summed E-state index contributed by atoms with van der Waals surface area (Å²) in [6.07, 6.45) is 0. The second-order valence-electron chi connectivity index (χ2n) is 4.64. The largest absolute Gasteiger partial charge is 0.384 e. The number of aryl methyl sites for hydroxylation is 1. The molecule has 17 heavy (non-hydrogen) atoms. The Kier molecular flexibility index (Phi) is 3.89. The van der Waals surface area contributed by atoms with Crippen LogP contribution < -0.4 is 5.73 Å². The maximum absolute atomic E-state index is 5.75. The predicted octanol–water partition coefficient (Wildman–Crippen LogP) is 1.69. The lowest BCUT2D eigenvalue weighted by Gasteiger charge is -2.36. The topological polar surface area (TPSA) is 55.0 Å². The van der Waals surface area contributed by atoms with E-state index in [-0.39, 0.29) is 0 Å². The Morgan fingerprint density at radius 2 is 2.24 bits per heavy atom. The molecule has 1 saturated heterocycles. The van der Waals surface area contributed by atoms with Crippen molar-refractivity contribution in [1.82, 2.24) is 14.9 Å². The molecular formula is C12H20N4S. The van der Waals surface area contributed by atoms with Crippen LogP contribution in [0.1, 0.15) is 25.4 Å². The molecular weight excluding hydrogens is 232 g/mol. The predicted molar refractivity (Wildman–Crippen MR) is 73.0 cm³/mol. The van der Waals surface area contributed by atoms with Gasteiger partial charge in [0.05, 0.1) is 6.54 Å². The van der Waals surface area contributed by atoms with Crippen molar-refractivity contribution in [3.8, 4) is 0 Å². The molecule has 1 aromatic rings. The van der Waals surface area contributed by atoms with Crippen LogP contribution in [0.25, 0.3) is 0 Å². The number of hydrogen-bond acceptors (Lipinski definition) is 5. The number of thioether (sulfide) groups is 1. The third-order valence-electron chi connectivity index (χ3n) is 3.28. The van der Waals surface area contributed by atoms with Crippen molar-refractivity contribution in [2.75, 3.05) is 18.0 Å². The van der Waals surface area contributed by atoms with E-state index >= 15 is 0 Å². The summed E-state index contributed by atoms with van der Waals surface area (Å²) in [5, 5.41) is 0.672. The first-order valence-corrected chi connectivity index (χ1v) is 7.07. The average molecular weight is 252 g/mol. The molecule has 2 rings (SSSR count). The summed E-state index contributed by atoms with van der Waals surface area (Å²) in [5.41, 5.74) is 6.70. The van der Waals surface area contributed by atoms with E-state index in [0.717, 1.165) is 24.6 Å². The second kappa shape index (κ2) is 5.23. The molecule has 2 atom stereocenters. The van der Waals surface area contributed by atoms with Crippen LogP contribution in [0, 0.1) is 6.92 Å². The Balaban J connectivity index is 2.09. The molecule has 0 radical (unpaired) electrons. The van der Waals surface area contributed by atoms with E-state index in [4.69, 9.17) is 5.73 Å². The first-order chi connectivity index (χ1) is 8.06. The molecule has 5 heteroatoms. The zero-order valence-electron chi connectivity index (χ0n) is 10.7. The van der Waals surface area contributed by atoms with Gasteiger partial charge >= 0.3 is 0 Å². The Bertz CT molecular complexity index is 376. The standard InChI is InChI=1S/C12H20N4S/c1-8-6-11(13)15-12(14-8)7-16-4-5-17-10(3)9(16)2/h6,9-10H,4-5,7H2,1-3H3,(H2,13,14,15). The van der Waals surface area contributed by atoms with Gasteiger partial charge in [0.25, 0.3) is 0 Å². The molecule has 1 aliphatic rings. The van der Waals surface area contributed by atoms with E-state index in [1.165, 1.54) is 5.75 Å². The molecule has 2 heterocycles. The van der Waals surface area contributed by atoms with Crippen molar-refractivity contribution < 1.29 is 0 Å². The molecule has 1 fully saturated rings. The first kappa shape index (κ1) is 12.6. The van der Waals surface area contributed by atoms with Crippen molar-refractivity contribution in [2.24, 2.45) is 0 Å². The molecule has 0 amide bonds. The molecule has 2 N–H and O–H groups in total. The van der Waals surface area contributed by atoms with Gasteiger partial charge < -0.3 is 5.73 Å². The molecule has 0 aromatic carbocycles. The summed E-state index contributed by atoms with van der Waals surface area (Å²) in [6.45, 7) is 8.42. The van der Waals surface area contributed by atoms with E-state index in [1.807, 2.05) is 24.8 Å². The van der Waals surface area contributed by atoms with E-state index in [1.54, 1.807) is 0 Å². The van der Waals surface area contributed by atoms with Crippen molar-refractivity contribution in [1.29, 1.82) is 0 Å². The van der Waals surface area contributed by atoms with E-state index in [0.29, 0.717) is 17.1 Å². The van der Waals surface area contributed by atoms with Gasteiger partial charge in [0.1, 0.15) is 11.6 Å². The zero-order chi connectivity index (χ0) is 12.4. The molecule has 2 unspecified atom stereocenters. The third kappa shape index (κ3) is 3.10. The smallest absolute Gasteiger partial charge is 0.144 e. The monoisotopic (exact) mass is 252 g/mol. The summed E-state index contributed by atoms with van der Waals surface area (Å²) in [6, 6.07) is 2.38. The normalized spacial score (nSPS) is 26.1.